The van der Waals surface area contributed by atoms with Gasteiger partial charge in [0, 0.05) is 17.2 Å². The molecule has 0 heterocycles. The van der Waals surface area contributed by atoms with Crippen molar-refractivity contribution in [3.05, 3.63) is 40.3 Å². The first-order chi connectivity index (χ1) is 12.3. The van der Waals surface area contributed by atoms with Crippen LogP contribution in [0, 0.1) is 0 Å². The van der Waals surface area contributed by atoms with Gasteiger partial charge >= 0.3 is 5.97 Å². The van der Waals surface area contributed by atoms with Crippen LogP contribution in [0.5, 0.6) is 0 Å². The van der Waals surface area contributed by atoms with Crippen LogP contribution in [0.3, 0.4) is 0 Å². The number of esters is 1. The zero-order valence-electron chi connectivity index (χ0n) is 14.9. The lowest BCUT2D eigenvalue weighted by molar-refractivity contribution is 0.0497. The van der Waals surface area contributed by atoms with E-state index >= 15 is 0 Å². The first-order valence-electron chi connectivity index (χ1n) is 9.21. The third-order valence-corrected chi connectivity index (χ3v) is 4.05. The summed E-state index contributed by atoms with van der Waals surface area (Å²) >= 11 is 0. The molecule has 0 fully saturated rings. The first-order valence-corrected chi connectivity index (χ1v) is 9.21. The van der Waals surface area contributed by atoms with Gasteiger partial charge in [0.2, 0.25) is 0 Å². The van der Waals surface area contributed by atoms with Gasteiger partial charge in [-0.05, 0) is 30.5 Å². The van der Waals surface area contributed by atoms with Crippen molar-refractivity contribution in [2.24, 2.45) is 5.11 Å². The predicted molar refractivity (Wildman–Crippen MR) is 98.8 cm³/mol. The Labute approximate surface area is 149 Å². The Bertz CT molecular complexity index is 525. The van der Waals surface area contributed by atoms with E-state index in [9.17, 15) is 4.79 Å². The molecular formula is C19H29N3O3. The Morgan fingerprint density at radius 2 is 1.44 bits per heavy atom. The number of unbranched alkanes of at least 4 members (excludes halogenated alkanes) is 9. The number of nitrogens with zero attached hydrogens (tertiary/aromatic N) is 3. The van der Waals surface area contributed by atoms with E-state index in [0.29, 0.717) is 24.5 Å². The van der Waals surface area contributed by atoms with Crippen molar-refractivity contribution in [2.75, 3.05) is 13.2 Å². The standard InChI is InChI=1S/C19H29N3O3/c20-22-21-18-13-11-17(12-14-18)19(24)25-16-10-8-6-4-2-1-3-5-7-9-15-23/h11-14,23H,1-10,15-16H2. The van der Waals surface area contributed by atoms with E-state index < -0.39 is 0 Å². The largest absolute Gasteiger partial charge is 0.462 e. The van der Waals surface area contributed by atoms with E-state index in [1.165, 1.54) is 38.5 Å². The molecule has 1 aromatic carbocycles. The summed E-state index contributed by atoms with van der Waals surface area (Å²) in [6, 6.07) is 6.40. The summed E-state index contributed by atoms with van der Waals surface area (Å²) < 4.78 is 5.25. The van der Waals surface area contributed by atoms with Crippen LogP contribution in [-0.4, -0.2) is 24.3 Å². The van der Waals surface area contributed by atoms with Crippen molar-refractivity contribution >= 4 is 11.7 Å². The van der Waals surface area contributed by atoms with Gasteiger partial charge in [0.25, 0.3) is 0 Å². The molecule has 1 rings (SSSR count). The molecule has 25 heavy (non-hydrogen) atoms. The summed E-state index contributed by atoms with van der Waals surface area (Å²) in [5.74, 6) is -0.338. The van der Waals surface area contributed by atoms with Gasteiger partial charge in [-0.3, -0.25) is 0 Å². The maximum Gasteiger partial charge on any atom is 0.338 e. The highest BCUT2D eigenvalue weighted by molar-refractivity contribution is 5.89. The van der Waals surface area contributed by atoms with Crippen LogP contribution < -0.4 is 0 Å². The van der Waals surface area contributed by atoms with Crippen molar-refractivity contribution in [3.63, 3.8) is 0 Å². The molecule has 0 aliphatic rings. The minimum absolute atomic E-state index is 0.311. The van der Waals surface area contributed by atoms with Crippen molar-refractivity contribution in [1.29, 1.82) is 0 Å². The highest BCUT2D eigenvalue weighted by atomic mass is 16.5. The molecule has 0 amide bonds. The quantitative estimate of drug-likeness (QED) is 0.154. The second-order valence-corrected chi connectivity index (χ2v) is 6.13. The molecule has 1 N–H and O–H groups in total. The molecule has 0 bridgehead atoms. The van der Waals surface area contributed by atoms with E-state index in [2.05, 4.69) is 10.0 Å². The zero-order valence-corrected chi connectivity index (χ0v) is 14.9. The number of azide groups is 1. The molecule has 0 spiro atoms. The van der Waals surface area contributed by atoms with Crippen LogP contribution in [0.1, 0.15) is 74.6 Å². The van der Waals surface area contributed by atoms with Gasteiger partial charge in [0.1, 0.15) is 0 Å². The Hall–Kier alpha value is -2.04. The number of carbonyl (C=O) groups is 1. The average Bonchev–Trinajstić information content (AvgIpc) is 2.63. The number of ether oxygens (including phenoxy) is 1. The fraction of sp³-hybridized carbons (Fsp3) is 0.632. The van der Waals surface area contributed by atoms with Crippen LogP contribution in [0.15, 0.2) is 29.4 Å². The lowest BCUT2D eigenvalue weighted by atomic mass is 10.1. The SMILES string of the molecule is [N-]=[N+]=Nc1ccc(C(=O)OCCCCCCCCCCCCO)cc1. The summed E-state index contributed by atoms with van der Waals surface area (Å²) in [6.07, 6.45) is 11.4. The number of carbonyl (C=O) groups excluding carboxylic acids is 1. The maximum absolute atomic E-state index is 11.9. The molecule has 0 aliphatic carbocycles. The van der Waals surface area contributed by atoms with Crippen molar-refractivity contribution in [1.82, 2.24) is 0 Å². The molecule has 138 valence electrons. The monoisotopic (exact) mass is 347 g/mol. The van der Waals surface area contributed by atoms with Crippen LogP contribution in [0.2, 0.25) is 0 Å². The summed E-state index contributed by atoms with van der Waals surface area (Å²) in [6.45, 7) is 0.754. The minimum Gasteiger partial charge on any atom is -0.462 e. The average molecular weight is 347 g/mol. The number of hydrogen-bond donors (Lipinski definition) is 1. The normalized spacial score (nSPS) is 10.3. The fourth-order valence-corrected chi connectivity index (χ4v) is 2.59. The molecule has 0 aliphatic heterocycles. The third-order valence-electron chi connectivity index (χ3n) is 4.05. The highest BCUT2D eigenvalue weighted by Crippen LogP contribution is 2.14. The summed E-state index contributed by atoms with van der Waals surface area (Å²) in [5.41, 5.74) is 9.28. The van der Waals surface area contributed by atoms with Crippen molar-refractivity contribution in [2.45, 2.75) is 64.2 Å². The van der Waals surface area contributed by atoms with Crippen LogP contribution in [-0.2, 0) is 4.74 Å². The second kappa shape index (κ2) is 14.3. The van der Waals surface area contributed by atoms with E-state index in [1.807, 2.05) is 0 Å². The number of benzene rings is 1. The molecular weight excluding hydrogens is 318 g/mol. The molecule has 0 saturated heterocycles. The fourth-order valence-electron chi connectivity index (χ4n) is 2.59. The number of aliphatic hydroxyl groups is 1. The Balaban J connectivity index is 1.98. The van der Waals surface area contributed by atoms with Crippen LogP contribution in [0.25, 0.3) is 10.4 Å². The Morgan fingerprint density at radius 3 is 1.96 bits per heavy atom. The molecule has 0 radical (unpaired) electrons. The highest BCUT2D eigenvalue weighted by Gasteiger charge is 2.06. The Kier molecular flexibility index (Phi) is 12.0. The molecule has 0 atom stereocenters. The molecule has 6 nitrogen and oxygen atoms in total. The summed E-state index contributed by atoms with van der Waals surface area (Å²) in [7, 11) is 0. The lowest BCUT2D eigenvalue weighted by Crippen LogP contribution is -2.06. The van der Waals surface area contributed by atoms with Crippen molar-refractivity contribution in [3.8, 4) is 0 Å². The molecule has 0 saturated carbocycles. The second-order valence-electron chi connectivity index (χ2n) is 6.13. The van der Waals surface area contributed by atoms with E-state index in [0.717, 1.165) is 25.7 Å². The van der Waals surface area contributed by atoms with Crippen LogP contribution >= 0.6 is 0 Å². The predicted octanol–water partition coefficient (Wildman–Crippen LogP) is 5.68. The Morgan fingerprint density at radius 1 is 0.920 bits per heavy atom. The van der Waals surface area contributed by atoms with Gasteiger partial charge in [-0.1, -0.05) is 68.6 Å². The van der Waals surface area contributed by atoms with E-state index in [4.69, 9.17) is 15.4 Å². The smallest absolute Gasteiger partial charge is 0.338 e. The topological polar surface area (TPSA) is 95.3 Å². The van der Waals surface area contributed by atoms with Crippen molar-refractivity contribution < 1.29 is 14.6 Å². The van der Waals surface area contributed by atoms with Gasteiger partial charge in [-0.15, -0.1) is 0 Å². The maximum atomic E-state index is 11.9. The van der Waals surface area contributed by atoms with Gasteiger partial charge < -0.3 is 9.84 Å². The summed E-state index contributed by atoms with van der Waals surface area (Å²) in [4.78, 5) is 14.5. The van der Waals surface area contributed by atoms with Gasteiger partial charge in [0.15, 0.2) is 0 Å². The lowest BCUT2D eigenvalue weighted by Gasteiger charge is -2.05. The third kappa shape index (κ3) is 10.4. The minimum atomic E-state index is -0.338. The molecule has 1 aromatic rings. The molecule has 6 heteroatoms. The molecule has 0 unspecified atom stereocenters. The van der Waals surface area contributed by atoms with E-state index in [-0.39, 0.29) is 5.97 Å². The van der Waals surface area contributed by atoms with Gasteiger partial charge in [-0.25, -0.2) is 4.79 Å². The number of rotatable bonds is 14. The summed E-state index contributed by atoms with van der Waals surface area (Å²) in [5, 5.41) is 12.2. The number of aliphatic hydroxyl groups excluding tert-OH is 1. The van der Waals surface area contributed by atoms with Gasteiger partial charge in [0.05, 0.1) is 12.2 Å². The zero-order chi connectivity index (χ0) is 18.2. The number of hydrogen-bond acceptors (Lipinski definition) is 4. The van der Waals surface area contributed by atoms with E-state index in [1.54, 1.807) is 24.3 Å². The van der Waals surface area contributed by atoms with Crippen LogP contribution in [0.4, 0.5) is 5.69 Å². The van der Waals surface area contributed by atoms with Gasteiger partial charge in [-0.2, -0.15) is 0 Å². The first kappa shape index (κ1) is 21.0. The molecule has 0 aromatic heterocycles.